The minimum Gasteiger partial charge on any atom is -0.496 e. The van der Waals surface area contributed by atoms with E-state index in [-0.39, 0.29) is 5.91 Å². The minimum absolute atomic E-state index is 0.161. The summed E-state index contributed by atoms with van der Waals surface area (Å²) in [5, 5.41) is 2.98. The number of carbonyl (C=O) groups excluding carboxylic acids is 1. The first-order valence-corrected chi connectivity index (χ1v) is 10.8. The fourth-order valence-electron chi connectivity index (χ4n) is 4.10. The van der Waals surface area contributed by atoms with Gasteiger partial charge in [-0.15, -0.1) is 0 Å². The molecule has 5 nitrogen and oxygen atoms in total. The van der Waals surface area contributed by atoms with E-state index >= 15 is 0 Å². The molecule has 0 aromatic heterocycles. The molecule has 0 unspecified atom stereocenters. The van der Waals surface area contributed by atoms with E-state index in [1.807, 2.05) is 37.3 Å². The smallest absolute Gasteiger partial charge is 0.259 e. The number of hydrogen-bond acceptors (Lipinski definition) is 3. The predicted octanol–water partition coefficient (Wildman–Crippen LogP) is 3.16. The maximum absolute atomic E-state index is 12.7. The number of quaternary nitrogens is 1. The first-order valence-electron chi connectivity index (χ1n) is 10.8. The van der Waals surface area contributed by atoms with Gasteiger partial charge in [-0.1, -0.05) is 42.0 Å². The summed E-state index contributed by atoms with van der Waals surface area (Å²) in [5.41, 5.74) is 4.95. The largest absolute Gasteiger partial charge is 0.496 e. The van der Waals surface area contributed by atoms with Crippen molar-refractivity contribution in [3.8, 4) is 5.75 Å². The SMILES string of the molecule is COc1ccc(C)cc1C(=O)Nc1ccc(N2CC[NH+](Cc3ccccc3)CC2)cc1. The van der Waals surface area contributed by atoms with Gasteiger partial charge in [-0.2, -0.15) is 0 Å². The molecule has 3 aromatic carbocycles. The number of ether oxygens (including phenoxy) is 1. The molecular formula is C26H30N3O2+. The minimum atomic E-state index is -0.161. The number of nitrogens with zero attached hydrogens (tertiary/aromatic N) is 1. The van der Waals surface area contributed by atoms with Crippen LogP contribution in [0.25, 0.3) is 0 Å². The van der Waals surface area contributed by atoms with E-state index in [1.54, 1.807) is 12.0 Å². The van der Waals surface area contributed by atoms with Crippen LogP contribution in [0.4, 0.5) is 11.4 Å². The second kappa shape index (κ2) is 9.67. The molecule has 1 saturated heterocycles. The number of hydrogen-bond donors (Lipinski definition) is 2. The van der Waals surface area contributed by atoms with E-state index < -0.39 is 0 Å². The summed E-state index contributed by atoms with van der Waals surface area (Å²) in [7, 11) is 1.58. The zero-order valence-corrected chi connectivity index (χ0v) is 18.2. The number of carbonyl (C=O) groups is 1. The zero-order chi connectivity index (χ0) is 21.6. The molecule has 0 bridgehead atoms. The van der Waals surface area contributed by atoms with Gasteiger partial charge in [0.05, 0.1) is 38.9 Å². The highest BCUT2D eigenvalue weighted by Crippen LogP contribution is 2.23. The number of methoxy groups -OCH3 is 1. The highest BCUT2D eigenvalue weighted by atomic mass is 16.5. The number of amides is 1. The summed E-state index contributed by atoms with van der Waals surface area (Å²) in [5.74, 6) is 0.419. The number of piperazine rings is 1. The second-order valence-electron chi connectivity index (χ2n) is 8.10. The number of aryl methyl sites for hydroxylation is 1. The van der Waals surface area contributed by atoms with Gasteiger partial charge in [-0.05, 0) is 43.3 Å². The van der Waals surface area contributed by atoms with E-state index in [1.165, 1.54) is 11.3 Å². The highest BCUT2D eigenvalue weighted by Gasteiger charge is 2.20. The molecule has 1 amide bonds. The number of benzene rings is 3. The molecule has 1 aliphatic heterocycles. The fourth-order valence-corrected chi connectivity index (χ4v) is 4.10. The third-order valence-electron chi connectivity index (χ3n) is 5.86. The van der Waals surface area contributed by atoms with Crippen LogP contribution in [-0.2, 0) is 6.54 Å². The van der Waals surface area contributed by atoms with Gasteiger partial charge >= 0.3 is 0 Å². The van der Waals surface area contributed by atoms with Crippen LogP contribution in [0.3, 0.4) is 0 Å². The van der Waals surface area contributed by atoms with E-state index in [2.05, 4.69) is 52.7 Å². The van der Waals surface area contributed by atoms with Crippen molar-refractivity contribution in [2.45, 2.75) is 13.5 Å². The standard InChI is InChI=1S/C26H29N3O2/c1-20-8-13-25(31-2)24(18-20)26(30)27-22-9-11-23(12-10-22)29-16-14-28(15-17-29)19-21-6-4-3-5-7-21/h3-13,18H,14-17,19H2,1-2H3,(H,27,30)/p+1. The molecule has 0 radical (unpaired) electrons. The average molecular weight is 417 g/mol. The van der Waals surface area contributed by atoms with Crippen molar-refractivity contribution in [2.75, 3.05) is 43.5 Å². The van der Waals surface area contributed by atoms with Crippen molar-refractivity contribution in [3.63, 3.8) is 0 Å². The van der Waals surface area contributed by atoms with Gasteiger partial charge in [0.1, 0.15) is 12.3 Å². The Kier molecular flexibility index (Phi) is 6.53. The lowest BCUT2D eigenvalue weighted by atomic mass is 10.1. The van der Waals surface area contributed by atoms with Crippen molar-refractivity contribution >= 4 is 17.3 Å². The third kappa shape index (κ3) is 5.25. The molecule has 5 heteroatoms. The Bertz CT molecular complexity index is 1010. The van der Waals surface area contributed by atoms with Crippen LogP contribution in [0.1, 0.15) is 21.5 Å². The summed E-state index contributed by atoms with van der Waals surface area (Å²) < 4.78 is 5.33. The molecule has 0 aliphatic carbocycles. The van der Waals surface area contributed by atoms with Crippen molar-refractivity contribution in [1.82, 2.24) is 0 Å². The molecule has 1 heterocycles. The third-order valence-corrected chi connectivity index (χ3v) is 5.86. The normalized spacial score (nSPS) is 14.3. The zero-order valence-electron chi connectivity index (χ0n) is 18.2. The van der Waals surface area contributed by atoms with E-state index in [0.29, 0.717) is 11.3 Å². The van der Waals surface area contributed by atoms with Crippen molar-refractivity contribution < 1.29 is 14.4 Å². The molecule has 0 saturated carbocycles. The van der Waals surface area contributed by atoms with Gasteiger partial charge in [-0.3, -0.25) is 4.79 Å². The fraction of sp³-hybridized carbons (Fsp3) is 0.269. The summed E-state index contributed by atoms with van der Waals surface area (Å²) >= 11 is 0. The number of rotatable bonds is 6. The predicted molar refractivity (Wildman–Crippen MR) is 125 cm³/mol. The Morgan fingerprint density at radius 1 is 1.00 bits per heavy atom. The maximum atomic E-state index is 12.7. The maximum Gasteiger partial charge on any atom is 0.259 e. The van der Waals surface area contributed by atoms with Gasteiger partial charge in [-0.25, -0.2) is 0 Å². The van der Waals surface area contributed by atoms with Crippen LogP contribution in [0.2, 0.25) is 0 Å². The molecule has 160 valence electrons. The van der Waals surface area contributed by atoms with Gasteiger partial charge < -0.3 is 19.9 Å². The number of anilines is 2. The number of nitrogens with one attached hydrogen (secondary N) is 2. The molecule has 4 rings (SSSR count). The van der Waals surface area contributed by atoms with Crippen molar-refractivity contribution in [1.29, 1.82) is 0 Å². The first kappa shape index (κ1) is 20.9. The molecular weight excluding hydrogens is 386 g/mol. The van der Waals surface area contributed by atoms with Crippen LogP contribution in [0.5, 0.6) is 5.75 Å². The lowest BCUT2D eigenvalue weighted by Crippen LogP contribution is -3.13. The lowest BCUT2D eigenvalue weighted by molar-refractivity contribution is -0.914. The quantitative estimate of drug-likeness (QED) is 0.649. The van der Waals surface area contributed by atoms with Gasteiger partial charge in [0.15, 0.2) is 0 Å². The van der Waals surface area contributed by atoms with Crippen molar-refractivity contribution in [3.05, 3.63) is 89.5 Å². The van der Waals surface area contributed by atoms with Gasteiger partial charge in [0.25, 0.3) is 5.91 Å². The summed E-state index contributed by atoms with van der Waals surface area (Å²) in [6, 6.07) is 24.4. The van der Waals surface area contributed by atoms with Crippen LogP contribution in [0, 0.1) is 6.92 Å². The second-order valence-corrected chi connectivity index (χ2v) is 8.10. The molecule has 1 fully saturated rings. The molecule has 31 heavy (non-hydrogen) atoms. The topological polar surface area (TPSA) is 46.0 Å². The first-order chi connectivity index (χ1) is 15.1. The van der Waals surface area contributed by atoms with E-state index in [9.17, 15) is 4.79 Å². The Morgan fingerprint density at radius 2 is 1.71 bits per heavy atom. The van der Waals surface area contributed by atoms with Crippen LogP contribution in [-0.4, -0.2) is 39.2 Å². The summed E-state index contributed by atoms with van der Waals surface area (Å²) in [6.45, 7) is 7.37. The van der Waals surface area contributed by atoms with E-state index in [4.69, 9.17) is 4.74 Å². The van der Waals surface area contributed by atoms with Crippen LogP contribution in [0.15, 0.2) is 72.8 Å². The Hall–Kier alpha value is -3.31. The van der Waals surface area contributed by atoms with Gasteiger partial charge in [0, 0.05) is 16.9 Å². The van der Waals surface area contributed by atoms with Crippen molar-refractivity contribution in [2.24, 2.45) is 0 Å². The lowest BCUT2D eigenvalue weighted by Gasteiger charge is -2.33. The monoisotopic (exact) mass is 416 g/mol. The highest BCUT2D eigenvalue weighted by molar-refractivity contribution is 6.06. The van der Waals surface area contributed by atoms with E-state index in [0.717, 1.165) is 44.0 Å². The summed E-state index contributed by atoms with van der Waals surface area (Å²) in [4.78, 5) is 16.8. The summed E-state index contributed by atoms with van der Waals surface area (Å²) in [6.07, 6.45) is 0. The Labute approximate surface area is 184 Å². The van der Waals surface area contributed by atoms with Crippen LogP contribution >= 0.6 is 0 Å². The average Bonchev–Trinajstić information content (AvgIpc) is 2.81. The van der Waals surface area contributed by atoms with Crippen LogP contribution < -0.4 is 19.9 Å². The molecule has 3 aromatic rings. The molecule has 0 spiro atoms. The Morgan fingerprint density at radius 3 is 2.39 bits per heavy atom. The molecule has 2 N–H and O–H groups in total. The van der Waals surface area contributed by atoms with Gasteiger partial charge in [0.2, 0.25) is 0 Å². The Balaban J connectivity index is 1.34. The molecule has 1 aliphatic rings. The molecule has 0 atom stereocenters.